The molecule has 4 saturated carbocycles. The average Bonchev–Trinajstić information content (AvgIpc) is 2.57. The third-order valence-electron chi connectivity index (χ3n) is 6.75. The van der Waals surface area contributed by atoms with Crippen molar-refractivity contribution in [2.24, 2.45) is 34.5 Å². The van der Waals surface area contributed by atoms with Gasteiger partial charge in [0.25, 0.3) is 0 Å². The number of hydrogen-bond acceptors (Lipinski definition) is 5. The minimum absolute atomic E-state index is 0.108. The second-order valence-corrected chi connectivity index (χ2v) is 8.45. The van der Waals surface area contributed by atoms with Crippen LogP contribution in [0.4, 0.5) is 0 Å². The topological polar surface area (TPSA) is 69.7 Å². The lowest BCUT2D eigenvalue weighted by Gasteiger charge is -2.68. The Kier molecular flexibility index (Phi) is 3.29. The first kappa shape index (κ1) is 14.9. The van der Waals surface area contributed by atoms with E-state index in [1.807, 2.05) is 20.8 Å². The van der Waals surface area contributed by atoms with Gasteiger partial charge < -0.3 is 9.47 Å². The SMILES string of the molecule is [2H]C1([2H])C(=O)[C@@H]2[C@@H]3[C@@H]([C@H]1C)[C@@]2(C)[C@H](OC(C)=O)C[C@@H](OC(C)=O)C3(C)C. The molecule has 0 saturated heterocycles. The van der Waals surface area contributed by atoms with Gasteiger partial charge in [-0.2, -0.15) is 0 Å². The summed E-state index contributed by atoms with van der Waals surface area (Å²) in [4.78, 5) is 36.5. The van der Waals surface area contributed by atoms with Crippen molar-refractivity contribution in [3.05, 3.63) is 0 Å². The van der Waals surface area contributed by atoms with E-state index in [2.05, 4.69) is 0 Å². The third-order valence-corrected chi connectivity index (χ3v) is 6.75. The summed E-state index contributed by atoms with van der Waals surface area (Å²) in [5, 5.41) is 0. The molecule has 4 fully saturated rings. The Morgan fingerprint density at radius 1 is 1.08 bits per heavy atom. The summed E-state index contributed by atoms with van der Waals surface area (Å²) >= 11 is 0. The van der Waals surface area contributed by atoms with E-state index in [4.69, 9.17) is 12.2 Å². The molecule has 4 aliphatic carbocycles. The number of ether oxygens (including phenoxy) is 2. The van der Waals surface area contributed by atoms with Gasteiger partial charge in [-0.25, -0.2) is 0 Å². The molecule has 0 aromatic rings. The monoisotopic (exact) mass is 338 g/mol. The Labute approximate surface area is 146 Å². The number of fused-ring (bicyclic) bond motifs is 2. The first-order chi connectivity index (χ1) is 11.8. The maximum Gasteiger partial charge on any atom is 0.302 e. The first-order valence-electron chi connectivity index (χ1n) is 9.66. The Hall–Kier alpha value is -1.39. The third kappa shape index (κ3) is 2.16. The van der Waals surface area contributed by atoms with E-state index in [1.165, 1.54) is 13.8 Å². The minimum Gasteiger partial charge on any atom is -0.462 e. The summed E-state index contributed by atoms with van der Waals surface area (Å²) in [6, 6.07) is 0. The molecule has 5 heteroatoms. The summed E-state index contributed by atoms with van der Waals surface area (Å²) in [7, 11) is 0. The largest absolute Gasteiger partial charge is 0.462 e. The van der Waals surface area contributed by atoms with Crippen LogP contribution in [0.3, 0.4) is 0 Å². The Morgan fingerprint density at radius 3 is 2.12 bits per heavy atom. The summed E-state index contributed by atoms with van der Waals surface area (Å²) in [6.07, 6.45) is -2.63. The lowest BCUT2D eigenvalue weighted by molar-refractivity contribution is -0.237. The van der Waals surface area contributed by atoms with Gasteiger partial charge in [0, 0.05) is 46.1 Å². The molecular weight excluding hydrogens is 308 g/mol. The predicted octanol–water partition coefficient (Wildman–Crippen LogP) is 2.76. The number of ketones is 1. The summed E-state index contributed by atoms with van der Waals surface area (Å²) in [5.41, 5.74) is -1.15. The highest BCUT2D eigenvalue weighted by Crippen LogP contribution is 2.73. The van der Waals surface area contributed by atoms with Gasteiger partial charge in [-0.05, 0) is 17.8 Å². The highest BCUT2D eigenvalue weighted by Gasteiger charge is 2.75. The van der Waals surface area contributed by atoms with Gasteiger partial charge in [-0.15, -0.1) is 0 Å². The molecule has 0 N–H and O–H groups in total. The van der Waals surface area contributed by atoms with Crippen LogP contribution in [0, 0.1) is 34.5 Å². The van der Waals surface area contributed by atoms with Crippen LogP contribution in [0.5, 0.6) is 0 Å². The van der Waals surface area contributed by atoms with Gasteiger partial charge in [0.1, 0.15) is 18.0 Å². The molecule has 0 radical (unpaired) electrons. The van der Waals surface area contributed by atoms with Crippen molar-refractivity contribution in [3.8, 4) is 0 Å². The molecule has 4 rings (SSSR count). The van der Waals surface area contributed by atoms with Crippen LogP contribution in [-0.4, -0.2) is 29.9 Å². The average molecular weight is 338 g/mol. The quantitative estimate of drug-likeness (QED) is 0.724. The van der Waals surface area contributed by atoms with E-state index in [0.29, 0.717) is 6.42 Å². The molecule has 0 unspecified atom stereocenters. The van der Waals surface area contributed by atoms with E-state index in [-0.39, 0.29) is 11.8 Å². The minimum atomic E-state index is -1.89. The van der Waals surface area contributed by atoms with Crippen molar-refractivity contribution in [2.75, 3.05) is 0 Å². The molecule has 0 amide bonds. The molecule has 0 aliphatic heterocycles. The van der Waals surface area contributed by atoms with Crippen molar-refractivity contribution in [1.82, 2.24) is 0 Å². The summed E-state index contributed by atoms with van der Waals surface area (Å²) in [6.45, 7) is 10.3. The van der Waals surface area contributed by atoms with Crippen molar-refractivity contribution in [3.63, 3.8) is 0 Å². The number of rotatable bonds is 2. The van der Waals surface area contributed by atoms with Crippen molar-refractivity contribution >= 4 is 17.7 Å². The number of carbonyl (C=O) groups excluding carboxylic acids is 3. The van der Waals surface area contributed by atoms with Crippen molar-refractivity contribution in [2.45, 2.75) is 66.5 Å². The van der Waals surface area contributed by atoms with Gasteiger partial charge in [0.15, 0.2) is 0 Å². The Morgan fingerprint density at radius 2 is 1.62 bits per heavy atom. The van der Waals surface area contributed by atoms with Gasteiger partial charge in [0.2, 0.25) is 0 Å². The zero-order chi connectivity index (χ0) is 19.8. The Bertz CT molecular complexity index is 673. The maximum atomic E-state index is 13.1. The van der Waals surface area contributed by atoms with Crippen molar-refractivity contribution in [1.29, 1.82) is 0 Å². The van der Waals surface area contributed by atoms with E-state index in [9.17, 15) is 14.4 Å². The van der Waals surface area contributed by atoms with Gasteiger partial charge in [-0.1, -0.05) is 27.7 Å². The normalized spacial score (nSPS) is 49.0. The molecule has 0 spiro atoms. The van der Waals surface area contributed by atoms with E-state index in [1.54, 1.807) is 6.92 Å². The van der Waals surface area contributed by atoms with Crippen molar-refractivity contribution < 1.29 is 26.6 Å². The number of Topliss-reactive ketones (excluding diaryl/α,β-unsaturated/α-hetero) is 1. The van der Waals surface area contributed by atoms with Crippen LogP contribution in [0.2, 0.25) is 0 Å². The smallest absolute Gasteiger partial charge is 0.302 e. The molecule has 4 aliphatic rings. The van der Waals surface area contributed by atoms with Crippen LogP contribution in [0.25, 0.3) is 0 Å². The molecule has 24 heavy (non-hydrogen) atoms. The van der Waals surface area contributed by atoms with Crippen LogP contribution < -0.4 is 0 Å². The molecule has 0 aromatic carbocycles. The first-order valence-corrected chi connectivity index (χ1v) is 8.66. The molecule has 4 bridgehead atoms. The molecule has 134 valence electrons. The van der Waals surface area contributed by atoms with Crippen LogP contribution in [-0.2, 0) is 23.9 Å². The lowest BCUT2D eigenvalue weighted by atomic mass is 9.35. The summed E-state index contributed by atoms with van der Waals surface area (Å²) < 4.78 is 27.7. The van der Waals surface area contributed by atoms with E-state index < -0.39 is 59.0 Å². The predicted molar refractivity (Wildman–Crippen MR) is 86.9 cm³/mol. The highest BCUT2D eigenvalue weighted by atomic mass is 16.6. The van der Waals surface area contributed by atoms with Crippen LogP contribution >= 0.6 is 0 Å². The molecule has 5 nitrogen and oxygen atoms in total. The molecular formula is C19H28O5. The Balaban J connectivity index is 2.13. The molecule has 0 heterocycles. The maximum absolute atomic E-state index is 13.1. The lowest BCUT2D eigenvalue weighted by Crippen LogP contribution is -2.70. The zero-order valence-corrected chi connectivity index (χ0v) is 15.2. The number of hydrogen-bond donors (Lipinski definition) is 0. The fourth-order valence-corrected chi connectivity index (χ4v) is 5.82. The van der Waals surface area contributed by atoms with E-state index >= 15 is 0 Å². The second kappa shape index (κ2) is 5.30. The number of carbonyl (C=O) groups is 3. The molecule has 0 aromatic heterocycles. The second-order valence-electron chi connectivity index (χ2n) is 8.45. The summed E-state index contributed by atoms with van der Waals surface area (Å²) in [5.74, 6) is -2.53. The van der Waals surface area contributed by atoms with Gasteiger partial charge >= 0.3 is 11.9 Å². The van der Waals surface area contributed by atoms with Gasteiger partial charge in [-0.3, -0.25) is 14.4 Å². The fourth-order valence-electron chi connectivity index (χ4n) is 5.82. The highest BCUT2D eigenvalue weighted by molar-refractivity contribution is 5.86. The standard InChI is InChI=1S/C19H28O5/c1-9-7-12(22)16-17-15(9)19(16,6)14(24-11(3)21)8-13(18(17,4)5)23-10(2)20/h9,13-17H,7-8H2,1-6H3/t9-,13+,14+,15+,16+,17-,19+/m0/s1/i7D2. The zero-order valence-electron chi connectivity index (χ0n) is 17.2. The molecule has 7 atom stereocenters. The van der Waals surface area contributed by atoms with Crippen LogP contribution in [0.1, 0.15) is 57.1 Å². The fraction of sp³-hybridized carbons (Fsp3) is 0.842. The van der Waals surface area contributed by atoms with Crippen LogP contribution in [0.15, 0.2) is 0 Å². The van der Waals surface area contributed by atoms with E-state index in [0.717, 1.165) is 0 Å². The van der Waals surface area contributed by atoms with Gasteiger partial charge in [0.05, 0.1) is 0 Å². The number of esters is 2.